The minimum absolute atomic E-state index is 0.305. The van der Waals surface area contributed by atoms with Crippen molar-refractivity contribution >= 4 is 5.82 Å². The fraction of sp³-hybridized carbons (Fsp3) is 0.389. The Bertz CT molecular complexity index is 623. The van der Waals surface area contributed by atoms with Crippen LogP contribution in [0.2, 0.25) is 0 Å². The summed E-state index contributed by atoms with van der Waals surface area (Å²) in [4.78, 5) is 6.49. The highest BCUT2D eigenvalue weighted by Gasteiger charge is 2.24. The summed E-state index contributed by atoms with van der Waals surface area (Å²) in [7, 11) is 0. The highest BCUT2D eigenvalue weighted by atomic mass is 19.1. The van der Waals surface area contributed by atoms with Gasteiger partial charge in [0.2, 0.25) is 0 Å². The van der Waals surface area contributed by atoms with E-state index in [2.05, 4.69) is 15.2 Å². The number of hydrogen-bond acceptors (Lipinski definition) is 4. The van der Waals surface area contributed by atoms with Crippen molar-refractivity contribution in [2.24, 2.45) is 5.92 Å². The lowest BCUT2D eigenvalue weighted by Gasteiger charge is -2.20. The van der Waals surface area contributed by atoms with Gasteiger partial charge in [0.25, 0.3) is 0 Å². The van der Waals surface area contributed by atoms with Crippen molar-refractivity contribution in [2.45, 2.75) is 12.5 Å². The monoisotopic (exact) mass is 315 g/mol. The number of aromatic nitrogens is 1. The Morgan fingerprint density at radius 3 is 3.00 bits per heavy atom. The highest BCUT2D eigenvalue weighted by molar-refractivity contribution is 5.33. The van der Waals surface area contributed by atoms with Crippen LogP contribution < -0.4 is 5.32 Å². The van der Waals surface area contributed by atoms with Gasteiger partial charge in [-0.1, -0.05) is 18.2 Å². The van der Waals surface area contributed by atoms with E-state index in [9.17, 15) is 9.50 Å². The first-order valence-corrected chi connectivity index (χ1v) is 8.01. The maximum absolute atomic E-state index is 13.2. The van der Waals surface area contributed by atoms with E-state index in [0.29, 0.717) is 18.0 Å². The van der Waals surface area contributed by atoms with Gasteiger partial charge in [0.05, 0.1) is 6.10 Å². The molecule has 5 heteroatoms. The van der Waals surface area contributed by atoms with Gasteiger partial charge in [0.15, 0.2) is 0 Å². The first-order chi connectivity index (χ1) is 11.2. The quantitative estimate of drug-likeness (QED) is 0.860. The Kier molecular flexibility index (Phi) is 5.20. The second kappa shape index (κ2) is 7.53. The first-order valence-electron chi connectivity index (χ1n) is 8.01. The van der Waals surface area contributed by atoms with Crippen molar-refractivity contribution in [1.82, 2.24) is 9.88 Å². The van der Waals surface area contributed by atoms with Gasteiger partial charge < -0.3 is 15.3 Å². The van der Waals surface area contributed by atoms with Gasteiger partial charge in [-0.05, 0) is 48.7 Å². The fourth-order valence-electron chi connectivity index (χ4n) is 3.03. The van der Waals surface area contributed by atoms with E-state index >= 15 is 0 Å². The number of halogens is 1. The van der Waals surface area contributed by atoms with Gasteiger partial charge in [-0.15, -0.1) is 0 Å². The van der Waals surface area contributed by atoms with Gasteiger partial charge in [0.1, 0.15) is 11.6 Å². The summed E-state index contributed by atoms with van der Waals surface area (Å²) in [6.07, 6.45) is 2.22. The maximum atomic E-state index is 13.2. The van der Waals surface area contributed by atoms with E-state index in [4.69, 9.17) is 0 Å². The molecule has 2 N–H and O–H groups in total. The number of hydrogen-bond donors (Lipinski definition) is 2. The smallest absolute Gasteiger partial charge is 0.125 e. The molecular weight excluding hydrogens is 293 g/mol. The number of nitrogens with one attached hydrogen (secondary N) is 1. The minimum atomic E-state index is -0.645. The van der Waals surface area contributed by atoms with Crippen LogP contribution in [-0.2, 0) is 0 Å². The zero-order valence-corrected chi connectivity index (χ0v) is 13.0. The number of aliphatic hydroxyl groups is 1. The van der Waals surface area contributed by atoms with Gasteiger partial charge in [0, 0.05) is 25.8 Å². The van der Waals surface area contributed by atoms with Gasteiger partial charge in [-0.25, -0.2) is 9.37 Å². The van der Waals surface area contributed by atoms with E-state index in [1.165, 1.54) is 12.1 Å². The molecule has 0 bridgehead atoms. The molecule has 0 amide bonds. The van der Waals surface area contributed by atoms with Crippen LogP contribution in [0, 0.1) is 11.7 Å². The van der Waals surface area contributed by atoms with E-state index in [-0.39, 0.29) is 5.82 Å². The summed E-state index contributed by atoms with van der Waals surface area (Å²) in [6.45, 7) is 3.32. The Morgan fingerprint density at radius 2 is 2.22 bits per heavy atom. The minimum Gasteiger partial charge on any atom is -0.387 e. The molecule has 2 atom stereocenters. The molecule has 0 saturated carbocycles. The van der Waals surface area contributed by atoms with Crippen molar-refractivity contribution in [1.29, 1.82) is 0 Å². The topological polar surface area (TPSA) is 48.4 Å². The summed E-state index contributed by atoms with van der Waals surface area (Å²) < 4.78 is 13.2. The van der Waals surface area contributed by atoms with Gasteiger partial charge in [-0.2, -0.15) is 0 Å². The Morgan fingerprint density at radius 1 is 1.30 bits per heavy atom. The zero-order chi connectivity index (χ0) is 16.1. The van der Waals surface area contributed by atoms with Crippen LogP contribution in [-0.4, -0.2) is 41.2 Å². The molecule has 1 fully saturated rings. The van der Waals surface area contributed by atoms with E-state index < -0.39 is 6.10 Å². The van der Waals surface area contributed by atoms with Crippen LogP contribution in [0.25, 0.3) is 0 Å². The van der Waals surface area contributed by atoms with Crippen molar-refractivity contribution in [3.8, 4) is 0 Å². The summed E-state index contributed by atoms with van der Waals surface area (Å²) in [5.74, 6) is 1.13. The Labute approximate surface area is 136 Å². The molecule has 4 nitrogen and oxygen atoms in total. The van der Waals surface area contributed by atoms with Crippen LogP contribution in [0.4, 0.5) is 10.2 Å². The SMILES string of the molecule is OC(CN1CCC(CNc2ccccn2)C1)c1cccc(F)c1. The lowest BCUT2D eigenvalue weighted by molar-refractivity contribution is 0.124. The summed E-state index contributed by atoms with van der Waals surface area (Å²) in [6, 6.07) is 12.0. The number of nitrogens with zero attached hydrogens (tertiary/aromatic N) is 2. The normalized spacial score (nSPS) is 19.7. The molecule has 2 aromatic rings. The van der Waals surface area contributed by atoms with Crippen molar-refractivity contribution in [2.75, 3.05) is 31.5 Å². The molecule has 0 radical (unpaired) electrons. The number of β-amino-alcohol motifs (C(OH)–C–C–N with tert-alkyl or cyclic N) is 1. The third-order valence-corrected chi connectivity index (χ3v) is 4.27. The Balaban J connectivity index is 1.46. The van der Waals surface area contributed by atoms with Crippen molar-refractivity contribution in [3.63, 3.8) is 0 Å². The summed E-state index contributed by atoms with van der Waals surface area (Å²) in [5, 5.41) is 13.6. The van der Waals surface area contributed by atoms with Crippen LogP contribution >= 0.6 is 0 Å². The van der Waals surface area contributed by atoms with Crippen LogP contribution in [0.5, 0.6) is 0 Å². The average molecular weight is 315 g/mol. The fourth-order valence-corrected chi connectivity index (χ4v) is 3.03. The number of anilines is 1. The zero-order valence-electron chi connectivity index (χ0n) is 13.0. The number of likely N-dealkylation sites (tertiary alicyclic amines) is 1. The van der Waals surface area contributed by atoms with E-state index in [0.717, 1.165) is 31.9 Å². The molecule has 1 aromatic carbocycles. The third kappa shape index (κ3) is 4.50. The second-order valence-electron chi connectivity index (χ2n) is 6.08. The van der Waals surface area contributed by atoms with E-state index in [1.807, 2.05) is 18.2 Å². The maximum Gasteiger partial charge on any atom is 0.125 e. The molecule has 2 heterocycles. The molecule has 2 unspecified atom stereocenters. The average Bonchev–Trinajstić information content (AvgIpc) is 3.01. The molecule has 1 aliphatic heterocycles. The van der Waals surface area contributed by atoms with Crippen molar-refractivity contribution < 1.29 is 9.50 Å². The Hall–Kier alpha value is -1.98. The molecular formula is C18H22FN3O. The lowest BCUT2D eigenvalue weighted by atomic mass is 10.1. The molecule has 0 aliphatic carbocycles. The lowest BCUT2D eigenvalue weighted by Crippen LogP contribution is -2.27. The first kappa shape index (κ1) is 15.9. The van der Waals surface area contributed by atoms with Crippen LogP contribution in [0.15, 0.2) is 48.7 Å². The number of pyridine rings is 1. The number of benzene rings is 1. The van der Waals surface area contributed by atoms with Crippen molar-refractivity contribution in [3.05, 3.63) is 60.0 Å². The number of rotatable bonds is 6. The van der Waals surface area contributed by atoms with Crippen LogP contribution in [0.3, 0.4) is 0 Å². The summed E-state index contributed by atoms with van der Waals surface area (Å²) in [5.41, 5.74) is 0.639. The number of aliphatic hydroxyl groups excluding tert-OH is 1. The molecule has 122 valence electrons. The predicted molar refractivity (Wildman–Crippen MR) is 88.6 cm³/mol. The highest BCUT2D eigenvalue weighted by Crippen LogP contribution is 2.21. The van der Waals surface area contributed by atoms with Gasteiger partial charge in [-0.3, -0.25) is 0 Å². The molecule has 23 heavy (non-hydrogen) atoms. The second-order valence-corrected chi connectivity index (χ2v) is 6.08. The summed E-state index contributed by atoms with van der Waals surface area (Å²) >= 11 is 0. The molecule has 1 saturated heterocycles. The molecule has 1 aromatic heterocycles. The van der Waals surface area contributed by atoms with E-state index in [1.54, 1.807) is 18.3 Å². The molecule has 0 spiro atoms. The largest absolute Gasteiger partial charge is 0.387 e. The third-order valence-electron chi connectivity index (χ3n) is 4.27. The molecule has 3 rings (SSSR count). The van der Waals surface area contributed by atoms with Gasteiger partial charge >= 0.3 is 0 Å². The van der Waals surface area contributed by atoms with Crippen LogP contribution in [0.1, 0.15) is 18.1 Å². The predicted octanol–water partition coefficient (Wildman–Crippen LogP) is 2.69. The molecule has 1 aliphatic rings. The standard InChI is InChI=1S/C18H22FN3O/c19-16-5-3-4-15(10-16)17(23)13-22-9-7-14(12-22)11-21-18-6-1-2-8-20-18/h1-6,8,10,14,17,23H,7,9,11-13H2,(H,20,21).